The zero-order valence-electron chi connectivity index (χ0n) is 12.2. The highest BCUT2D eigenvalue weighted by molar-refractivity contribution is 9.09. The monoisotopic (exact) mass is 378 g/mol. The van der Waals surface area contributed by atoms with Gasteiger partial charge in [0.25, 0.3) is 0 Å². The van der Waals surface area contributed by atoms with E-state index >= 15 is 0 Å². The Kier molecular flexibility index (Phi) is 4.31. The van der Waals surface area contributed by atoms with E-state index in [1.54, 1.807) is 18.2 Å². The Labute approximate surface area is 140 Å². The number of para-hydroxylation sites is 1. The molecule has 3 rings (SSSR count). The summed E-state index contributed by atoms with van der Waals surface area (Å²) >= 11 is 3.43. The number of benzene rings is 2. The summed E-state index contributed by atoms with van der Waals surface area (Å²) in [5.41, 5.74) is 1.45. The molecule has 1 aliphatic rings. The Bertz CT molecular complexity index is 779. The molecule has 23 heavy (non-hydrogen) atoms. The van der Waals surface area contributed by atoms with Crippen LogP contribution < -0.4 is 4.74 Å². The van der Waals surface area contributed by atoms with Gasteiger partial charge in [0.15, 0.2) is 0 Å². The Morgan fingerprint density at radius 1 is 1.17 bits per heavy atom. The first-order valence-corrected chi connectivity index (χ1v) is 7.99. The van der Waals surface area contributed by atoms with Gasteiger partial charge in [-0.1, -0.05) is 34.1 Å². The second-order valence-corrected chi connectivity index (χ2v) is 6.68. The van der Waals surface area contributed by atoms with Gasteiger partial charge in [0.2, 0.25) is 0 Å². The van der Waals surface area contributed by atoms with Crippen molar-refractivity contribution in [2.24, 2.45) is 0 Å². The molecule has 2 unspecified atom stereocenters. The van der Waals surface area contributed by atoms with Crippen LogP contribution in [0, 0.1) is 11.6 Å². The normalized spacial score (nSPS) is 18.2. The predicted octanol–water partition coefficient (Wildman–Crippen LogP) is 4.83. The summed E-state index contributed by atoms with van der Waals surface area (Å²) in [6, 6.07) is 10.4. The minimum absolute atomic E-state index is 0.223. The van der Waals surface area contributed by atoms with Crippen molar-refractivity contribution in [3.05, 3.63) is 71.0 Å². The van der Waals surface area contributed by atoms with Crippen molar-refractivity contribution in [1.29, 1.82) is 0 Å². The average Bonchev–Trinajstić information content (AvgIpc) is 2.51. The zero-order valence-corrected chi connectivity index (χ0v) is 13.8. The molecule has 0 fully saturated rings. The van der Waals surface area contributed by atoms with Gasteiger partial charge in [-0.2, -0.15) is 0 Å². The average molecular weight is 379 g/mol. The first-order valence-electron chi connectivity index (χ1n) is 7.08. The zero-order chi connectivity index (χ0) is 16.6. The molecule has 2 nitrogen and oxygen atoms in total. The highest BCUT2D eigenvalue weighted by Gasteiger charge is 2.32. The van der Waals surface area contributed by atoms with Crippen LogP contribution in [-0.4, -0.2) is 11.1 Å². The van der Waals surface area contributed by atoms with Crippen LogP contribution in [0.5, 0.6) is 5.75 Å². The Morgan fingerprint density at radius 2 is 1.83 bits per heavy atom. The fraction of sp³-hybridized carbons (Fsp3) is 0.167. The van der Waals surface area contributed by atoms with E-state index in [1.807, 2.05) is 13.0 Å². The largest absolute Gasteiger partial charge is 0.460 e. The predicted molar refractivity (Wildman–Crippen MR) is 87.5 cm³/mol. The molecule has 0 saturated heterocycles. The maximum Gasteiger partial charge on any atom is 0.132 e. The van der Waals surface area contributed by atoms with Crippen LogP contribution in [0.25, 0.3) is 5.57 Å². The lowest BCUT2D eigenvalue weighted by molar-refractivity contribution is -0.108. The molecule has 118 valence electrons. The number of ether oxygens (including phenoxy) is 1. The topological polar surface area (TPSA) is 26.3 Å². The smallest absolute Gasteiger partial charge is 0.132 e. The molecule has 0 bridgehead atoms. The molecule has 0 saturated carbocycles. The fourth-order valence-corrected chi connectivity index (χ4v) is 3.12. The highest BCUT2D eigenvalue weighted by Crippen LogP contribution is 2.44. The molecule has 0 radical (unpaired) electrons. The van der Waals surface area contributed by atoms with Gasteiger partial charge in [-0.25, -0.2) is 8.78 Å². The molecule has 1 aliphatic heterocycles. The number of hydrogen-bond donors (Lipinski definition) is 0. The van der Waals surface area contributed by atoms with Crippen LogP contribution in [0.3, 0.4) is 0 Å². The number of rotatable bonds is 3. The molecule has 0 N–H and O–H groups in total. The van der Waals surface area contributed by atoms with E-state index in [9.17, 15) is 13.6 Å². The molecule has 2 aromatic carbocycles. The van der Waals surface area contributed by atoms with Gasteiger partial charge in [-0.05, 0) is 30.7 Å². The molecule has 0 spiro atoms. The van der Waals surface area contributed by atoms with Gasteiger partial charge >= 0.3 is 0 Å². The van der Waals surface area contributed by atoms with E-state index in [2.05, 4.69) is 15.9 Å². The van der Waals surface area contributed by atoms with Crippen molar-refractivity contribution >= 4 is 27.8 Å². The number of carbonyl (C=O) groups is 1. The molecule has 0 amide bonds. The molecule has 0 aliphatic carbocycles. The second-order valence-electron chi connectivity index (χ2n) is 5.31. The first kappa shape index (κ1) is 15.9. The van der Waals surface area contributed by atoms with Gasteiger partial charge in [-0.15, -0.1) is 0 Å². The first-order chi connectivity index (χ1) is 11.0. The molecular formula is C18H13BrF2O2. The third-order valence-corrected chi connectivity index (χ3v) is 4.14. The van der Waals surface area contributed by atoms with Crippen molar-refractivity contribution in [3.8, 4) is 5.75 Å². The van der Waals surface area contributed by atoms with Gasteiger partial charge < -0.3 is 9.53 Å². The summed E-state index contributed by atoms with van der Waals surface area (Å²) in [4.78, 5) is 11.5. The Morgan fingerprint density at radius 3 is 2.43 bits per heavy atom. The molecule has 5 heteroatoms. The van der Waals surface area contributed by atoms with Crippen molar-refractivity contribution in [3.63, 3.8) is 0 Å². The van der Waals surface area contributed by atoms with Crippen molar-refractivity contribution in [1.82, 2.24) is 0 Å². The lowest BCUT2D eigenvalue weighted by Crippen LogP contribution is -2.20. The number of hydrogen-bond acceptors (Lipinski definition) is 2. The molecule has 1 heterocycles. The Balaban J connectivity index is 2.26. The van der Waals surface area contributed by atoms with Crippen LogP contribution in [0.15, 0.2) is 48.2 Å². The van der Waals surface area contributed by atoms with Gasteiger partial charge in [0.05, 0.1) is 10.7 Å². The minimum atomic E-state index is -0.697. The quantitative estimate of drug-likeness (QED) is 0.564. The van der Waals surface area contributed by atoms with Crippen LogP contribution >= 0.6 is 15.9 Å². The number of carbonyl (C=O) groups excluding carboxylic acids is 1. The lowest BCUT2D eigenvalue weighted by atomic mass is 9.84. The van der Waals surface area contributed by atoms with Crippen LogP contribution in [-0.2, 0) is 4.79 Å². The van der Waals surface area contributed by atoms with E-state index in [-0.39, 0.29) is 4.83 Å². The molecule has 0 aromatic heterocycles. The Hall–Kier alpha value is -2.01. The van der Waals surface area contributed by atoms with Gasteiger partial charge in [0.1, 0.15) is 29.4 Å². The van der Waals surface area contributed by atoms with Gasteiger partial charge in [0, 0.05) is 17.2 Å². The van der Waals surface area contributed by atoms with E-state index in [4.69, 9.17) is 4.74 Å². The number of allylic oxidation sites excluding steroid dienone is 2. The van der Waals surface area contributed by atoms with Crippen LogP contribution in [0.2, 0.25) is 0 Å². The van der Waals surface area contributed by atoms with E-state index in [0.717, 1.165) is 12.4 Å². The lowest BCUT2D eigenvalue weighted by Gasteiger charge is -2.29. The number of fused-ring (bicyclic) bond motifs is 1. The standard InChI is InChI=1S/C18H13BrF2O2/c1-10(19)18-17(11-6-12(20)8-13(21)7-11)15(9-22)14-4-2-3-5-16(14)23-18/h2-10,15H,1H3. The summed E-state index contributed by atoms with van der Waals surface area (Å²) in [5, 5.41) is 0. The highest BCUT2D eigenvalue weighted by atomic mass is 79.9. The van der Waals surface area contributed by atoms with Crippen molar-refractivity contribution < 1.29 is 18.3 Å². The summed E-state index contributed by atoms with van der Waals surface area (Å²) in [5.74, 6) is -0.983. The van der Waals surface area contributed by atoms with E-state index in [1.165, 1.54) is 12.1 Å². The summed E-state index contributed by atoms with van der Waals surface area (Å²) in [7, 11) is 0. The SMILES string of the molecule is CC(Br)C1=C(c2cc(F)cc(F)c2)C(C=O)c2ccccc2O1. The number of aldehydes is 1. The van der Waals surface area contributed by atoms with E-state index < -0.39 is 17.6 Å². The number of alkyl halides is 1. The summed E-state index contributed by atoms with van der Waals surface area (Å²) in [6.45, 7) is 1.83. The molecule has 2 aromatic rings. The third kappa shape index (κ3) is 2.93. The maximum absolute atomic E-state index is 13.6. The van der Waals surface area contributed by atoms with Crippen LogP contribution in [0.1, 0.15) is 24.0 Å². The second kappa shape index (κ2) is 6.24. The van der Waals surface area contributed by atoms with Gasteiger partial charge in [-0.3, -0.25) is 0 Å². The fourth-order valence-electron chi connectivity index (χ4n) is 2.78. The van der Waals surface area contributed by atoms with E-state index in [0.29, 0.717) is 28.2 Å². The maximum atomic E-state index is 13.6. The van der Waals surface area contributed by atoms with Crippen LogP contribution in [0.4, 0.5) is 8.78 Å². The molecular weight excluding hydrogens is 366 g/mol. The minimum Gasteiger partial charge on any atom is -0.460 e. The van der Waals surface area contributed by atoms with Crippen molar-refractivity contribution in [2.75, 3.05) is 0 Å². The third-order valence-electron chi connectivity index (χ3n) is 3.72. The molecule has 2 atom stereocenters. The summed E-state index contributed by atoms with van der Waals surface area (Å²) < 4.78 is 33.2. The van der Waals surface area contributed by atoms with Crippen molar-refractivity contribution in [2.45, 2.75) is 17.7 Å². The number of halogens is 3. The summed E-state index contributed by atoms with van der Waals surface area (Å²) in [6.07, 6.45) is 0.773.